The molecule has 2 rings (SSSR count). The second-order valence-corrected chi connectivity index (χ2v) is 5.68. The van der Waals surface area contributed by atoms with Crippen molar-refractivity contribution >= 4 is 33.0 Å². The number of aromatic nitrogens is 1. The molecule has 0 radical (unpaired) electrons. The Morgan fingerprint density at radius 3 is 2.89 bits per heavy atom. The van der Waals surface area contributed by atoms with Crippen molar-refractivity contribution in [3.05, 3.63) is 38.8 Å². The van der Waals surface area contributed by atoms with Gasteiger partial charge in [0.05, 0.1) is 24.4 Å². The normalized spacial score (nSPS) is 10.4. The van der Waals surface area contributed by atoms with Gasteiger partial charge in [0, 0.05) is 21.6 Å². The Morgan fingerprint density at radius 2 is 2.22 bits per heavy atom. The van der Waals surface area contributed by atoms with E-state index in [9.17, 15) is 0 Å². The number of methoxy groups -OCH3 is 1. The first-order valence-electron chi connectivity index (χ1n) is 5.73. The van der Waals surface area contributed by atoms with Crippen LogP contribution in [0.4, 0.5) is 5.69 Å². The van der Waals surface area contributed by atoms with E-state index < -0.39 is 0 Å². The molecule has 18 heavy (non-hydrogen) atoms. The average molecular weight is 327 g/mol. The average Bonchev–Trinajstić information content (AvgIpc) is 2.83. The van der Waals surface area contributed by atoms with Crippen LogP contribution in [-0.4, -0.2) is 12.1 Å². The maximum Gasteiger partial charge on any atom is 0.122 e. The largest absolute Gasteiger partial charge is 0.497 e. The first kappa shape index (κ1) is 13.4. The van der Waals surface area contributed by atoms with Crippen LogP contribution in [0.5, 0.6) is 5.75 Å². The number of nitrogens with zero attached hydrogens (tertiary/aromatic N) is 1. The lowest BCUT2D eigenvalue weighted by Gasteiger charge is -2.07. The van der Waals surface area contributed by atoms with E-state index in [4.69, 9.17) is 4.74 Å². The van der Waals surface area contributed by atoms with E-state index in [-0.39, 0.29) is 0 Å². The van der Waals surface area contributed by atoms with Gasteiger partial charge in [-0.2, -0.15) is 0 Å². The lowest BCUT2D eigenvalue weighted by molar-refractivity contribution is 0.414. The first-order chi connectivity index (χ1) is 8.71. The minimum atomic E-state index is 0.732. The highest BCUT2D eigenvalue weighted by Crippen LogP contribution is 2.25. The lowest BCUT2D eigenvalue weighted by Crippen LogP contribution is -2.00. The molecule has 1 N–H and O–H groups in total. The fourth-order valence-corrected chi connectivity index (χ4v) is 2.78. The van der Waals surface area contributed by atoms with Gasteiger partial charge in [-0.15, -0.1) is 11.3 Å². The van der Waals surface area contributed by atoms with Gasteiger partial charge >= 0.3 is 0 Å². The summed E-state index contributed by atoms with van der Waals surface area (Å²) in [6, 6.07) is 5.93. The van der Waals surface area contributed by atoms with Crippen LogP contribution < -0.4 is 10.1 Å². The zero-order chi connectivity index (χ0) is 13.0. The van der Waals surface area contributed by atoms with Crippen LogP contribution in [0.3, 0.4) is 0 Å². The standard InChI is InChI=1S/C13H15BrN2OS/c1-3-13-16-11(8-18-13)7-15-10-4-9(14)5-12(6-10)17-2/h4-6,8,15H,3,7H2,1-2H3. The topological polar surface area (TPSA) is 34.2 Å². The fourth-order valence-electron chi connectivity index (χ4n) is 1.57. The van der Waals surface area contributed by atoms with Gasteiger partial charge in [-0.3, -0.25) is 0 Å². The van der Waals surface area contributed by atoms with Gasteiger partial charge in [0.15, 0.2) is 0 Å². The predicted molar refractivity (Wildman–Crippen MR) is 79.5 cm³/mol. The van der Waals surface area contributed by atoms with Gasteiger partial charge in [0.1, 0.15) is 5.75 Å². The number of nitrogens with one attached hydrogen (secondary N) is 1. The predicted octanol–water partition coefficient (Wildman–Crippen LogP) is 4.09. The monoisotopic (exact) mass is 326 g/mol. The molecule has 96 valence electrons. The minimum absolute atomic E-state index is 0.732. The van der Waals surface area contributed by atoms with Crippen molar-refractivity contribution in [1.82, 2.24) is 4.98 Å². The molecule has 0 saturated carbocycles. The van der Waals surface area contributed by atoms with E-state index in [0.717, 1.165) is 34.6 Å². The van der Waals surface area contributed by atoms with E-state index in [1.165, 1.54) is 5.01 Å². The zero-order valence-electron chi connectivity index (χ0n) is 10.4. The van der Waals surface area contributed by atoms with Gasteiger partial charge in [-0.05, 0) is 18.6 Å². The number of benzene rings is 1. The van der Waals surface area contributed by atoms with Crippen molar-refractivity contribution in [1.29, 1.82) is 0 Å². The number of hydrogen-bond acceptors (Lipinski definition) is 4. The Kier molecular flexibility index (Phi) is 4.60. The van der Waals surface area contributed by atoms with Crippen molar-refractivity contribution in [3.63, 3.8) is 0 Å². The van der Waals surface area contributed by atoms with Gasteiger partial charge in [0.25, 0.3) is 0 Å². The van der Waals surface area contributed by atoms with Gasteiger partial charge in [-0.1, -0.05) is 22.9 Å². The van der Waals surface area contributed by atoms with Crippen LogP contribution in [0, 0.1) is 0 Å². The Morgan fingerprint density at radius 1 is 1.39 bits per heavy atom. The maximum atomic E-state index is 5.23. The van der Waals surface area contributed by atoms with Crippen molar-refractivity contribution in [2.24, 2.45) is 0 Å². The second-order valence-electron chi connectivity index (χ2n) is 3.82. The molecular weight excluding hydrogens is 312 g/mol. The Labute approximate surface area is 119 Å². The molecule has 0 spiro atoms. The van der Waals surface area contributed by atoms with Crippen LogP contribution in [0.25, 0.3) is 0 Å². The molecule has 0 bridgehead atoms. The van der Waals surface area contributed by atoms with E-state index in [2.05, 4.69) is 38.5 Å². The summed E-state index contributed by atoms with van der Waals surface area (Å²) in [6.45, 7) is 2.85. The quantitative estimate of drug-likeness (QED) is 0.898. The molecule has 0 unspecified atom stereocenters. The van der Waals surface area contributed by atoms with Crippen molar-refractivity contribution in [2.45, 2.75) is 19.9 Å². The molecule has 0 saturated heterocycles. The third-order valence-corrected chi connectivity index (χ3v) is 3.98. The minimum Gasteiger partial charge on any atom is -0.497 e. The Hall–Kier alpha value is -1.07. The van der Waals surface area contributed by atoms with Crippen LogP contribution >= 0.6 is 27.3 Å². The number of rotatable bonds is 5. The molecule has 2 aromatic rings. The smallest absolute Gasteiger partial charge is 0.122 e. The zero-order valence-corrected chi connectivity index (χ0v) is 12.8. The van der Waals surface area contributed by atoms with Gasteiger partial charge < -0.3 is 10.1 Å². The number of aryl methyl sites for hydroxylation is 1. The maximum absolute atomic E-state index is 5.23. The van der Waals surface area contributed by atoms with Crippen LogP contribution in [-0.2, 0) is 13.0 Å². The molecule has 3 nitrogen and oxygen atoms in total. The Bertz CT molecular complexity index is 527. The summed E-state index contributed by atoms with van der Waals surface area (Å²) in [6.07, 6.45) is 0.995. The van der Waals surface area contributed by atoms with Gasteiger partial charge in [-0.25, -0.2) is 4.98 Å². The van der Waals surface area contributed by atoms with E-state index in [1.54, 1.807) is 18.4 Å². The molecule has 0 atom stereocenters. The number of thiazole rings is 1. The molecule has 0 aliphatic carbocycles. The van der Waals surface area contributed by atoms with E-state index in [0.29, 0.717) is 0 Å². The molecule has 0 amide bonds. The molecule has 1 heterocycles. The van der Waals surface area contributed by atoms with Gasteiger partial charge in [0.2, 0.25) is 0 Å². The molecular formula is C13H15BrN2OS. The second kappa shape index (κ2) is 6.20. The summed E-state index contributed by atoms with van der Waals surface area (Å²) in [5.74, 6) is 0.833. The third kappa shape index (κ3) is 3.46. The number of anilines is 1. The number of hydrogen-bond donors (Lipinski definition) is 1. The highest BCUT2D eigenvalue weighted by Gasteiger charge is 2.02. The van der Waals surface area contributed by atoms with Crippen molar-refractivity contribution in [3.8, 4) is 5.75 Å². The summed E-state index contributed by atoms with van der Waals surface area (Å²) in [7, 11) is 1.67. The number of ether oxygens (including phenoxy) is 1. The highest BCUT2D eigenvalue weighted by atomic mass is 79.9. The summed E-state index contributed by atoms with van der Waals surface area (Å²) < 4.78 is 6.22. The van der Waals surface area contributed by atoms with Crippen LogP contribution in [0.15, 0.2) is 28.1 Å². The van der Waals surface area contributed by atoms with Crippen LogP contribution in [0.2, 0.25) is 0 Å². The molecule has 5 heteroatoms. The fraction of sp³-hybridized carbons (Fsp3) is 0.308. The lowest BCUT2D eigenvalue weighted by atomic mass is 10.3. The summed E-state index contributed by atoms with van der Waals surface area (Å²) >= 11 is 5.17. The first-order valence-corrected chi connectivity index (χ1v) is 7.40. The molecule has 0 aliphatic rings. The Balaban J connectivity index is 2.03. The molecule has 1 aromatic carbocycles. The SMILES string of the molecule is CCc1nc(CNc2cc(Br)cc(OC)c2)cs1. The van der Waals surface area contributed by atoms with E-state index in [1.807, 2.05) is 18.2 Å². The van der Waals surface area contributed by atoms with Crippen LogP contribution in [0.1, 0.15) is 17.6 Å². The molecule has 0 aliphatic heterocycles. The van der Waals surface area contributed by atoms with E-state index >= 15 is 0 Å². The molecule has 1 aromatic heterocycles. The summed E-state index contributed by atoms with van der Waals surface area (Å²) in [5.41, 5.74) is 2.10. The van der Waals surface area contributed by atoms with Crippen molar-refractivity contribution < 1.29 is 4.74 Å². The van der Waals surface area contributed by atoms with Crippen molar-refractivity contribution in [2.75, 3.05) is 12.4 Å². The number of halogens is 1. The molecule has 0 fully saturated rings. The summed E-state index contributed by atoms with van der Waals surface area (Å²) in [5, 5.41) is 6.63. The third-order valence-electron chi connectivity index (χ3n) is 2.48. The summed E-state index contributed by atoms with van der Waals surface area (Å²) in [4.78, 5) is 4.52. The highest BCUT2D eigenvalue weighted by molar-refractivity contribution is 9.10.